The molecule has 0 aliphatic heterocycles. The summed E-state index contributed by atoms with van der Waals surface area (Å²) in [6, 6.07) is 0. The molecule has 0 fully saturated rings. The van der Waals surface area contributed by atoms with Crippen molar-refractivity contribution in [2.24, 2.45) is 0 Å². The van der Waals surface area contributed by atoms with Crippen molar-refractivity contribution in [2.45, 2.75) is 284 Å². The molecule has 0 bridgehead atoms. The summed E-state index contributed by atoms with van der Waals surface area (Å²) in [7, 11) is 0. The first-order chi connectivity index (χ1) is 28.4. The van der Waals surface area contributed by atoms with Crippen molar-refractivity contribution >= 4 is 11.9 Å². The van der Waals surface area contributed by atoms with Gasteiger partial charge in [0.15, 0.2) is 0 Å². The van der Waals surface area contributed by atoms with Crippen LogP contribution in [0.2, 0.25) is 0 Å². The maximum absolute atomic E-state index is 11.7. The van der Waals surface area contributed by atoms with E-state index in [1.54, 1.807) is 0 Å². The molecule has 58 heavy (non-hydrogen) atoms. The summed E-state index contributed by atoms with van der Waals surface area (Å²) in [5.74, 6) is -0.0375. The first-order valence-electron chi connectivity index (χ1n) is 25.4. The Morgan fingerprint density at radius 3 is 1.03 bits per heavy atom. The molecule has 0 aliphatic carbocycles. The van der Waals surface area contributed by atoms with Gasteiger partial charge in [0.1, 0.15) is 0 Å². The molecular formula is C52H100O6. The van der Waals surface area contributed by atoms with Crippen LogP contribution in [-0.4, -0.2) is 47.6 Å². The zero-order chi connectivity index (χ0) is 42.8. The Hall–Kier alpha value is -1.66. The lowest BCUT2D eigenvalue weighted by Crippen LogP contribution is -2.05. The van der Waals surface area contributed by atoms with E-state index in [1.807, 2.05) is 0 Å². The van der Waals surface area contributed by atoms with E-state index in [-0.39, 0.29) is 24.1 Å². The molecule has 0 aromatic carbocycles. The number of allylic oxidation sites excluding steroid dienone is 2. The van der Waals surface area contributed by atoms with Crippen molar-refractivity contribution < 1.29 is 29.3 Å². The third kappa shape index (κ3) is 52.4. The van der Waals surface area contributed by atoms with Gasteiger partial charge in [-0.3, -0.25) is 9.59 Å². The Bertz CT molecular complexity index is 800. The number of aliphatic hydroxyl groups is 2. The number of hydrogen-bond acceptors (Lipinski definition) is 6. The largest absolute Gasteiger partial charge is 0.466 e. The summed E-state index contributed by atoms with van der Waals surface area (Å²) in [6.07, 6.45) is 51.1. The average molecular weight is 821 g/mol. The normalized spacial score (nSPS) is 12.5. The fourth-order valence-corrected chi connectivity index (χ4v) is 7.00. The highest BCUT2D eigenvalue weighted by molar-refractivity contribution is 5.69. The van der Waals surface area contributed by atoms with Crippen LogP contribution in [0, 0.1) is 0 Å². The third-order valence-corrected chi connectivity index (χ3v) is 11.0. The lowest BCUT2D eigenvalue weighted by atomic mass is 10.1. The summed E-state index contributed by atoms with van der Waals surface area (Å²) in [6.45, 7) is 10.1. The molecule has 6 heteroatoms. The lowest BCUT2D eigenvalue weighted by Gasteiger charge is -2.07. The zero-order valence-corrected chi connectivity index (χ0v) is 39.3. The van der Waals surface area contributed by atoms with Gasteiger partial charge >= 0.3 is 11.9 Å². The Balaban J connectivity index is 0. The first-order valence-corrected chi connectivity index (χ1v) is 25.4. The smallest absolute Gasteiger partial charge is 0.305 e. The number of hydrogen-bond donors (Lipinski definition) is 2. The molecule has 0 rings (SSSR count). The van der Waals surface area contributed by atoms with Crippen LogP contribution in [0.15, 0.2) is 24.3 Å². The highest BCUT2D eigenvalue weighted by atomic mass is 16.5. The molecule has 0 aliphatic rings. The minimum absolute atomic E-state index is 0.0188. The number of unbranched alkanes of at least 4 members (excludes halogenated alkanes) is 26. The molecule has 0 aromatic rings. The number of rotatable bonds is 44. The summed E-state index contributed by atoms with van der Waals surface area (Å²) in [5.41, 5.74) is 0. The fourth-order valence-electron chi connectivity index (χ4n) is 7.00. The second-order valence-electron chi connectivity index (χ2n) is 17.0. The topological polar surface area (TPSA) is 93.1 Å². The van der Waals surface area contributed by atoms with Crippen LogP contribution in [0.25, 0.3) is 0 Å². The number of aliphatic hydroxyl groups excluding tert-OH is 2. The van der Waals surface area contributed by atoms with Gasteiger partial charge < -0.3 is 19.7 Å². The van der Waals surface area contributed by atoms with Crippen molar-refractivity contribution in [2.75, 3.05) is 13.2 Å². The summed E-state index contributed by atoms with van der Waals surface area (Å²) >= 11 is 0. The molecule has 0 radical (unpaired) electrons. The van der Waals surface area contributed by atoms with Gasteiger partial charge in [-0.15, -0.1) is 0 Å². The van der Waals surface area contributed by atoms with Crippen molar-refractivity contribution in [1.82, 2.24) is 0 Å². The van der Waals surface area contributed by atoms with E-state index >= 15 is 0 Å². The highest BCUT2D eigenvalue weighted by Gasteiger charge is 2.05. The van der Waals surface area contributed by atoms with E-state index in [9.17, 15) is 19.8 Å². The van der Waals surface area contributed by atoms with Gasteiger partial charge in [0.25, 0.3) is 0 Å². The van der Waals surface area contributed by atoms with Crippen molar-refractivity contribution in [3.8, 4) is 0 Å². The van der Waals surface area contributed by atoms with E-state index < -0.39 is 0 Å². The lowest BCUT2D eigenvalue weighted by molar-refractivity contribution is -0.144. The van der Waals surface area contributed by atoms with Gasteiger partial charge in [0, 0.05) is 12.8 Å². The molecule has 6 nitrogen and oxygen atoms in total. The van der Waals surface area contributed by atoms with Crippen LogP contribution < -0.4 is 0 Å². The van der Waals surface area contributed by atoms with Crippen LogP contribution in [-0.2, 0) is 19.1 Å². The predicted octanol–water partition coefficient (Wildman–Crippen LogP) is 15.8. The molecule has 0 unspecified atom stereocenters. The van der Waals surface area contributed by atoms with Crippen LogP contribution in [0.3, 0.4) is 0 Å². The Morgan fingerprint density at radius 1 is 0.379 bits per heavy atom. The molecule has 0 amide bonds. The number of esters is 2. The maximum Gasteiger partial charge on any atom is 0.305 e. The molecule has 0 saturated carbocycles. The van der Waals surface area contributed by atoms with E-state index in [0.717, 1.165) is 89.9 Å². The molecule has 0 aromatic heterocycles. The van der Waals surface area contributed by atoms with Gasteiger partial charge in [0.2, 0.25) is 0 Å². The number of carbonyl (C=O) groups excluding carboxylic acids is 2. The summed E-state index contributed by atoms with van der Waals surface area (Å²) < 4.78 is 10.6. The highest BCUT2D eigenvalue weighted by Crippen LogP contribution is 2.13. The summed E-state index contributed by atoms with van der Waals surface area (Å²) in [5, 5.41) is 19.8. The fraction of sp³-hybridized carbons (Fsp3) is 0.885. The Morgan fingerprint density at radius 2 is 0.672 bits per heavy atom. The minimum atomic E-state index is -0.163. The summed E-state index contributed by atoms with van der Waals surface area (Å²) in [4.78, 5) is 23.4. The van der Waals surface area contributed by atoms with Crippen molar-refractivity contribution in [3.05, 3.63) is 24.3 Å². The standard InChI is InChI=1S/2C26H50O3/c2*1-3-5-7-9-16-20-24-29-26(28)23-19-15-13-11-10-12-14-18-22-25(27)21-17-8-6-4-2/h2*14,18,25,27H,3-13,15-17,19-24H2,1-2H3/b2*18-14-/t2*25-/m11/s1. The van der Waals surface area contributed by atoms with Crippen LogP contribution in [0.1, 0.15) is 272 Å². The van der Waals surface area contributed by atoms with E-state index in [1.165, 1.54) is 141 Å². The van der Waals surface area contributed by atoms with Gasteiger partial charge in [-0.1, -0.05) is 206 Å². The second kappa shape index (κ2) is 51.5. The quantitative estimate of drug-likeness (QED) is 0.0361. The molecule has 2 atom stereocenters. The Labute approximate surface area is 361 Å². The van der Waals surface area contributed by atoms with Gasteiger partial charge in [-0.25, -0.2) is 0 Å². The predicted molar refractivity (Wildman–Crippen MR) is 250 cm³/mol. The SMILES string of the molecule is CCCCCCCCOC(=O)CCCCCCC/C=C\C[C@H](O)CCCCCC.CCCCCCCCOC(=O)CCCCCCC/C=C\C[C@H](O)CCCCCC. The van der Waals surface area contributed by atoms with Gasteiger partial charge in [-0.05, 0) is 77.0 Å². The molecule has 0 saturated heterocycles. The average Bonchev–Trinajstić information content (AvgIpc) is 3.22. The molecule has 0 heterocycles. The van der Waals surface area contributed by atoms with E-state index in [2.05, 4.69) is 52.0 Å². The van der Waals surface area contributed by atoms with Crippen LogP contribution >= 0.6 is 0 Å². The Kier molecular flexibility index (Phi) is 51.9. The maximum atomic E-state index is 11.7. The zero-order valence-electron chi connectivity index (χ0n) is 39.3. The van der Waals surface area contributed by atoms with Gasteiger partial charge in [0.05, 0.1) is 25.4 Å². The van der Waals surface area contributed by atoms with Crippen molar-refractivity contribution in [1.29, 1.82) is 0 Å². The third-order valence-electron chi connectivity index (χ3n) is 11.0. The monoisotopic (exact) mass is 821 g/mol. The second-order valence-corrected chi connectivity index (χ2v) is 17.0. The number of ether oxygens (including phenoxy) is 2. The minimum Gasteiger partial charge on any atom is -0.466 e. The first kappa shape index (κ1) is 58.4. The van der Waals surface area contributed by atoms with Crippen LogP contribution in [0.4, 0.5) is 0 Å². The molecule has 344 valence electrons. The number of carbonyl (C=O) groups is 2. The molecular weight excluding hydrogens is 721 g/mol. The molecule has 0 spiro atoms. The van der Waals surface area contributed by atoms with Gasteiger partial charge in [-0.2, -0.15) is 0 Å². The van der Waals surface area contributed by atoms with E-state index in [4.69, 9.17) is 9.47 Å². The van der Waals surface area contributed by atoms with E-state index in [0.29, 0.717) is 26.1 Å². The molecule has 2 N–H and O–H groups in total. The van der Waals surface area contributed by atoms with Crippen LogP contribution in [0.5, 0.6) is 0 Å². The van der Waals surface area contributed by atoms with Crippen molar-refractivity contribution in [3.63, 3.8) is 0 Å².